The molecule has 0 fully saturated rings. The van der Waals surface area contributed by atoms with Gasteiger partial charge in [0.1, 0.15) is 11.6 Å². The number of thioether (sulfide) groups is 1. The maximum atomic E-state index is 13.2. The number of benzene rings is 1. The Hall–Kier alpha value is -1.14. The number of hydrogen-bond donors (Lipinski definition) is 2. The molecule has 1 rings (SSSR count). The van der Waals surface area contributed by atoms with Gasteiger partial charge in [-0.05, 0) is 18.1 Å². The van der Waals surface area contributed by atoms with Crippen LogP contribution in [0.15, 0.2) is 23.1 Å². The maximum Gasteiger partial charge on any atom is 0.230 e. The SMILES string of the molecule is CC(CO)CNC(=O)CSc1ccc(F)cc1F. The Bertz CT molecular complexity index is 415. The van der Waals surface area contributed by atoms with Crippen LogP contribution in [0.5, 0.6) is 0 Å². The summed E-state index contributed by atoms with van der Waals surface area (Å²) in [6.07, 6.45) is 0. The first kappa shape index (κ1) is 14.9. The number of hydrogen-bond acceptors (Lipinski definition) is 3. The van der Waals surface area contributed by atoms with Crippen LogP contribution < -0.4 is 5.32 Å². The second-order valence-corrected chi connectivity index (χ2v) is 4.97. The quantitative estimate of drug-likeness (QED) is 0.778. The topological polar surface area (TPSA) is 49.3 Å². The Morgan fingerprint density at radius 2 is 2.22 bits per heavy atom. The van der Waals surface area contributed by atoms with Crippen molar-refractivity contribution in [2.75, 3.05) is 18.9 Å². The van der Waals surface area contributed by atoms with Gasteiger partial charge in [0.05, 0.1) is 5.75 Å². The number of aliphatic hydroxyl groups is 1. The smallest absolute Gasteiger partial charge is 0.230 e. The number of nitrogens with one attached hydrogen (secondary N) is 1. The third kappa shape index (κ3) is 5.01. The van der Waals surface area contributed by atoms with Crippen LogP contribution in [-0.2, 0) is 4.79 Å². The minimum absolute atomic E-state index is 0.0000130. The second-order valence-electron chi connectivity index (χ2n) is 3.96. The molecule has 0 radical (unpaired) electrons. The van der Waals surface area contributed by atoms with Gasteiger partial charge in [0.15, 0.2) is 0 Å². The molecule has 0 aliphatic rings. The van der Waals surface area contributed by atoms with Crippen molar-refractivity contribution in [3.63, 3.8) is 0 Å². The van der Waals surface area contributed by atoms with Gasteiger partial charge in [-0.3, -0.25) is 4.79 Å². The molecular weight excluding hydrogens is 260 g/mol. The molecule has 1 amide bonds. The molecule has 1 unspecified atom stereocenters. The monoisotopic (exact) mass is 275 g/mol. The van der Waals surface area contributed by atoms with Crippen molar-refractivity contribution in [1.82, 2.24) is 5.32 Å². The van der Waals surface area contributed by atoms with E-state index in [9.17, 15) is 13.6 Å². The molecule has 0 bridgehead atoms. The predicted molar refractivity (Wildman–Crippen MR) is 66.3 cm³/mol. The number of carbonyl (C=O) groups excluding carboxylic acids is 1. The third-order valence-electron chi connectivity index (χ3n) is 2.21. The van der Waals surface area contributed by atoms with Crippen LogP contribution in [0.25, 0.3) is 0 Å². The lowest BCUT2D eigenvalue weighted by Crippen LogP contribution is -2.30. The summed E-state index contributed by atoms with van der Waals surface area (Å²) in [4.78, 5) is 11.6. The van der Waals surface area contributed by atoms with E-state index >= 15 is 0 Å². The molecule has 2 N–H and O–H groups in total. The average molecular weight is 275 g/mol. The van der Waals surface area contributed by atoms with E-state index in [1.165, 1.54) is 6.07 Å². The van der Waals surface area contributed by atoms with Gasteiger partial charge in [0.25, 0.3) is 0 Å². The molecule has 0 saturated carbocycles. The molecule has 18 heavy (non-hydrogen) atoms. The molecule has 6 heteroatoms. The van der Waals surface area contributed by atoms with Crippen LogP contribution in [0.4, 0.5) is 8.78 Å². The molecule has 1 atom stereocenters. The van der Waals surface area contributed by atoms with E-state index in [0.29, 0.717) is 6.54 Å². The first-order chi connectivity index (χ1) is 8.52. The molecule has 0 heterocycles. The maximum absolute atomic E-state index is 13.2. The zero-order valence-electron chi connectivity index (χ0n) is 9.95. The molecule has 0 spiro atoms. The number of carbonyl (C=O) groups is 1. The fraction of sp³-hybridized carbons (Fsp3) is 0.417. The zero-order valence-corrected chi connectivity index (χ0v) is 10.8. The highest BCUT2D eigenvalue weighted by molar-refractivity contribution is 8.00. The fourth-order valence-corrected chi connectivity index (χ4v) is 1.89. The van der Waals surface area contributed by atoms with Crippen molar-refractivity contribution in [3.05, 3.63) is 29.8 Å². The largest absolute Gasteiger partial charge is 0.396 e. The van der Waals surface area contributed by atoms with Crippen LogP contribution in [0.2, 0.25) is 0 Å². The molecule has 0 saturated heterocycles. The summed E-state index contributed by atoms with van der Waals surface area (Å²) in [5, 5.41) is 11.4. The third-order valence-corrected chi connectivity index (χ3v) is 3.26. The summed E-state index contributed by atoms with van der Waals surface area (Å²) >= 11 is 1.01. The van der Waals surface area contributed by atoms with Crippen LogP contribution in [0, 0.1) is 17.6 Å². The lowest BCUT2D eigenvalue weighted by atomic mass is 10.2. The molecule has 3 nitrogen and oxygen atoms in total. The van der Waals surface area contributed by atoms with Gasteiger partial charge in [0.2, 0.25) is 5.91 Å². The Kier molecular flexibility index (Phi) is 6.07. The normalized spacial score (nSPS) is 12.2. The van der Waals surface area contributed by atoms with Crippen molar-refractivity contribution >= 4 is 17.7 Å². The highest BCUT2D eigenvalue weighted by Gasteiger charge is 2.08. The first-order valence-electron chi connectivity index (χ1n) is 5.48. The molecular formula is C12H15F2NO2S. The molecule has 1 aromatic rings. The van der Waals surface area contributed by atoms with Gasteiger partial charge in [-0.25, -0.2) is 8.78 Å². The van der Waals surface area contributed by atoms with Crippen molar-refractivity contribution < 1.29 is 18.7 Å². The van der Waals surface area contributed by atoms with E-state index < -0.39 is 11.6 Å². The Labute approximate surface area is 109 Å². The van der Waals surface area contributed by atoms with Gasteiger partial charge in [-0.15, -0.1) is 11.8 Å². The van der Waals surface area contributed by atoms with E-state index in [1.54, 1.807) is 6.92 Å². The summed E-state index contributed by atoms with van der Waals surface area (Å²) in [5.74, 6) is -1.51. The number of amides is 1. The average Bonchev–Trinajstić information content (AvgIpc) is 2.34. The Morgan fingerprint density at radius 1 is 1.50 bits per heavy atom. The van der Waals surface area contributed by atoms with Crippen LogP contribution in [-0.4, -0.2) is 29.9 Å². The molecule has 100 valence electrons. The Balaban J connectivity index is 2.38. The van der Waals surface area contributed by atoms with Gasteiger partial charge >= 0.3 is 0 Å². The van der Waals surface area contributed by atoms with Crippen LogP contribution in [0.1, 0.15) is 6.92 Å². The summed E-state index contributed by atoms with van der Waals surface area (Å²) in [6.45, 7) is 2.18. The van der Waals surface area contributed by atoms with Gasteiger partial charge in [-0.1, -0.05) is 6.92 Å². The summed E-state index contributed by atoms with van der Waals surface area (Å²) < 4.78 is 25.9. The summed E-state index contributed by atoms with van der Waals surface area (Å²) in [6, 6.07) is 3.24. The van der Waals surface area contributed by atoms with E-state index in [1.807, 2.05) is 0 Å². The fourth-order valence-electron chi connectivity index (χ4n) is 1.14. The lowest BCUT2D eigenvalue weighted by Gasteiger charge is -2.09. The van der Waals surface area contributed by atoms with Gasteiger partial charge in [-0.2, -0.15) is 0 Å². The second kappa shape index (κ2) is 7.33. The molecule has 1 aromatic carbocycles. The van der Waals surface area contributed by atoms with Crippen molar-refractivity contribution in [3.8, 4) is 0 Å². The van der Waals surface area contributed by atoms with Crippen LogP contribution in [0.3, 0.4) is 0 Å². The number of rotatable bonds is 6. The summed E-state index contributed by atoms with van der Waals surface area (Å²) in [7, 11) is 0. The van der Waals surface area contributed by atoms with E-state index in [2.05, 4.69) is 5.32 Å². The van der Waals surface area contributed by atoms with E-state index in [-0.39, 0.29) is 29.1 Å². The van der Waals surface area contributed by atoms with Gasteiger partial charge < -0.3 is 10.4 Å². The lowest BCUT2D eigenvalue weighted by molar-refractivity contribution is -0.118. The van der Waals surface area contributed by atoms with Gasteiger partial charge in [0, 0.05) is 24.1 Å². The predicted octanol–water partition coefficient (Wildman–Crippen LogP) is 1.80. The minimum atomic E-state index is -0.670. The van der Waals surface area contributed by atoms with Crippen molar-refractivity contribution in [1.29, 1.82) is 0 Å². The first-order valence-corrected chi connectivity index (χ1v) is 6.47. The highest BCUT2D eigenvalue weighted by atomic mass is 32.2. The molecule has 0 aromatic heterocycles. The van der Waals surface area contributed by atoms with E-state index in [4.69, 9.17) is 5.11 Å². The molecule has 0 aliphatic carbocycles. The Morgan fingerprint density at radius 3 is 2.83 bits per heavy atom. The van der Waals surface area contributed by atoms with Crippen LogP contribution >= 0.6 is 11.8 Å². The zero-order chi connectivity index (χ0) is 13.5. The summed E-state index contributed by atoms with van der Waals surface area (Å²) in [5.41, 5.74) is 0. The van der Waals surface area contributed by atoms with E-state index in [0.717, 1.165) is 23.9 Å². The van der Waals surface area contributed by atoms with Crippen molar-refractivity contribution in [2.24, 2.45) is 5.92 Å². The minimum Gasteiger partial charge on any atom is -0.396 e. The highest BCUT2D eigenvalue weighted by Crippen LogP contribution is 2.21. The molecule has 0 aliphatic heterocycles. The number of aliphatic hydroxyl groups excluding tert-OH is 1. The number of halogens is 2. The van der Waals surface area contributed by atoms with Crippen molar-refractivity contribution in [2.45, 2.75) is 11.8 Å². The standard InChI is InChI=1S/C12H15F2NO2S/c1-8(6-16)5-15-12(17)7-18-11-3-2-9(13)4-10(11)14/h2-4,8,16H,5-7H2,1H3,(H,15,17).